The van der Waals surface area contributed by atoms with Gasteiger partial charge in [-0.05, 0) is 12.1 Å². The summed E-state index contributed by atoms with van der Waals surface area (Å²) in [5, 5.41) is 22.7. The number of Topliss-reactive ketones (excluding diaryl/α,β-unsaturated/α-hetero) is 1. The Morgan fingerprint density at radius 3 is 2.58 bits per heavy atom. The summed E-state index contributed by atoms with van der Waals surface area (Å²) < 4.78 is 1.29. The summed E-state index contributed by atoms with van der Waals surface area (Å²) in [6.45, 7) is 0.867. The van der Waals surface area contributed by atoms with Gasteiger partial charge in [-0.3, -0.25) is 24.2 Å². The molecule has 1 aromatic carbocycles. The van der Waals surface area contributed by atoms with E-state index in [1.807, 2.05) is 0 Å². The molecule has 0 fully saturated rings. The summed E-state index contributed by atoms with van der Waals surface area (Å²) in [4.78, 5) is 31.1. The molecule has 0 aliphatic heterocycles. The monoisotopic (exact) mass is 326 g/mol. The second-order valence-corrected chi connectivity index (χ2v) is 5.24. The Bertz CT molecular complexity index is 931. The topological polar surface area (TPSA) is 118 Å². The van der Waals surface area contributed by atoms with Crippen LogP contribution in [0.3, 0.4) is 0 Å². The third kappa shape index (κ3) is 2.86. The summed E-state index contributed by atoms with van der Waals surface area (Å²) in [5.41, 5.74) is 2.53. The first kappa shape index (κ1) is 15.8. The van der Waals surface area contributed by atoms with E-state index in [9.17, 15) is 9.59 Å². The van der Waals surface area contributed by atoms with Gasteiger partial charge in [0.05, 0.1) is 35.9 Å². The molecule has 0 saturated heterocycles. The Hall–Kier alpha value is -3.13. The minimum atomic E-state index is -1.04. The third-order valence-electron chi connectivity index (χ3n) is 3.53. The van der Waals surface area contributed by atoms with E-state index in [-0.39, 0.29) is 24.6 Å². The van der Waals surface area contributed by atoms with E-state index in [1.54, 1.807) is 18.2 Å². The van der Waals surface area contributed by atoms with Gasteiger partial charge in [0.15, 0.2) is 5.78 Å². The number of benzene rings is 1. The van der Waals surface area contributed by atoms with Crippen LogP contribution in [0, 0.1) is 0 Å². The molecule has 0 saturated carbocycles. The molecule has 2 heterocycles. The van der Waals surface area contributed by atoms with Crippen LogP contribution in [0.5, 0.6) is 0 Å². The van der Waals surface area contributed by atoms with Gasteiger partial charge in [0.1, 0.15) is 12.2 Å². The quantitative estimate of drug-likeness (QED) is 0.678. The van der Waals surface area contributed by atoms with Crippen LogP contribution in [0.4, 0.5) is 0 Å². The lowest BCUT2D eigenvalue weighted by molar-refractivity contribution is -0.137. The normalized spacial score (nSPS) is 10.9. The van der Waals surface area contributed by atoms with Crippen molar-refractivity contribution in [1.29, 1.82) is 0 Å². The van der Waals surface area contributed by atoms with E-state index >= 15 is 0 Å². The van der Waals surface area contributed by atoms with Crippen LogP contribution >= 0.6 is 0 Å². The number of hydrogen-bond acceptors (Lipinski definition) is 6. The van der Waals surface area contributed by atoms with Crippen LogP contribution in [0.25, 0.3) is 22.2 Å². The molecule has 0 atom stereocenters. The number of ketones is 1. The number of nitrogens with zero attached hydrogens (tertiary/aromatic N) is 4. The van der Waals surface area contributed by atoms with E-state index in [2.05, 4.69) is 15.1 Å². The van der Waals surface area contributed by atoms with Crippen molar-refractivity contribution < 1.29 is 19.8 Å². The minimum absolute atomic E-state index is 0.192. The molecule has 24 heavy (non-hydrogen) atoms. The Morgan fingerprint density at radius 2 is 2.00 bits per heavy atom. The lowest BCUT2D eigenvalue weighted by Gasteiger charge is -2.03. The highest BCUT2D eigenvalue weighted by Gasteiger charge is 2.16. The number of carbonyl (C=O) groups is 2. The number of carbonyl (C=O) groups excluding carboxylic acids is 1. The summed E-state index contributed by atoms with van der Waals surface area (Å²) >= 11 is 0. The second-order valence-electron chi connectivity index (χ2n) is 5.24. The Labute approximate surface area is 136 Å². The van der Waals surface area contributed by atoms with Gasteiger partial charge in [-0.25, -0.2) is 0 Å². The number of carboxylic acids is 1. The molecular formula is C16H14N4O4. The zero-order chi connectivity index (χ0) is 17.3. The summed E-state index contributed by atoms with van der Waals surface area (Å²) in [6, 6.07) is 5.20. The first-order valence-corrected chi connectivity index (χ1v) is 7.15. The van der Waals surface area contributed by atoms with Crippen molar-refractivity contribution in [3.05, 3.63) is 42.0 Å². The molecule has 0 unspecified atom stereocenters. The predicted molar refractivity (Wildman–Crippen MR) is 84.3 cm³/mol. The molecule has 2 aromatic heterocycles. The van der Waals surface area contributed by atoms with E-state index in [0.29, 0.717) is 22.3 Å². The third-order valence-corrected chi connectivity index (χ3v) is 3.53. The molecule has 0 bridgehead atoms. The van der Waals surface area contributed by atoms with E-state index < -0.39 is 5.97 Å². The predicted octanol–water partition coefficient (Wildman–Crippen LogP) is 1.27. The Morgan fingerprint density at radius 1 is 1.21 bits per heavy atom. The highest BCUT2D eigenvalue weighted by atomic mass is 16.4. The maximum atomic E-state index is 11.8. The van der Waals surface area contributed by atoms with Crippen molar-refractivity contribution >= 4 is 22.7 Å². The smallest absolute Gasteiger partial charge is 0.325 e. The lowest BCUT2D eigenvalue weighted by Crippen LogP contribution is -2.10. The first-order valence-electron chi connectivity index (χ1n) is 7.15. The summed E-state index contributed by atoms with van der Waals surface area (Å²) in [5.74, 6) is -1.29. The maximum Gasteiger partial charge on any atom is 0.325 e. The SMILES string of the molecule is CC(=O)c1nn(CC(=O)O)c2ccc(-c3cnc(CO)cn3)cc12. The van der Waals surface area contributed by atoms with Gasteiger partial charge < -0.3 is 10.2 Å². The number of aliphatic hydroxyl groups excluding tert-OH is 1. The van der Waals surface area contributed by atoms with Gasteiger partial charge in [0.25, 0.3) is 0 Å². The number of hydrogen-bond donors (Lipinski definition) is 2. The molecule has 0 spiro atoms. The van der Waals surface area contributed by atoms with Crippen LogP contribution in [0.15, 0.2) is 30.6 Å². The zero-order valence-electron chi connectivity index (χ0n) is 12.8. The van der Waals surface area contributed by atoms with E-state index in [0.717, 1.165) is 5.56 Å². The number of aliphatic carboxylic acids is 1. The molecule has 0 amide bonds. The van der Waals surface area contributed by atoms with Gasteiger partial charge in [0, 0.05) is 17.9 Å². The standard InChI is InChI=1S/C16H14N4O4/c1-9(22)16-12-4-10(13-6-17-11(8-21)5-18-13)2-3-14(12)20(19-16)7-15(23)24/h2-6,21H,7-8H2,1H3,(H,23,24). The van der Waals surface area contributed by atoms with Crippen LogP contribution in [0.2, 0.25) is 0 Å². The van der Waals surface area contributed by atoms with Crippen LogP contribution < -0.4 is 0 Å². The van der Waals surface area contributed by atoms with Crippen LogP contribution in [-0.4, -0.2) is 41.7 Å². The Kier molecular flexibility index (Phi) is 4.05. The number of aliphatic hydroxyl groups is 1. The number of carboxylic acid groups (broad SMARTS) is 1. The zero-order valence-corrected chi connectivity index (χ0v) is 12.8. The fourth-order valence-corrected chi connectivity index (χ4v) is 2.43. The average molecular weight is 326 g/mol. The van der Waals surface area contributed by atoms with Crippen molar-refractivity contribution in [2.24, 2.45) is 0 Å². The van der Waals surface area contributed by atoms with Gasteiger partial charge in [-0.1, -0.05) is 6.07 Å². The highest BCUT2D eigenvalue weighted by molar-refractivity contribution is 6.05. The molecule has 3 rings (SSSR count). The van der Waals surface area contributed by atoms with Gasteiger partial charge in [-0.15, -0.1) is 0 Å². The van der Waals surface area contributed by atoms with E-state index in [1.165, 1.54) is 24.0 Å². The molecule has 2 N–H and O–H groups in total. The molecular weight excluding hydrogens is 312 g/mol. The molecule has 122 valence electrons. The maximum absolute atomic E-state index is 11.8. The summed E-state index contributed by atoms with van der Waals surface area (Å²) in [6.07, 6.45) is 3.00. The van der Waals surface area contributed by atoms with Crippen molar-refractivity contribution in [2.45, 2.75) is 20.1 Å². The number of fused-ring (bicyclic) bond motifs is 1. The van der Waals surface area contributed by atoms with E-state index in [4.69, 9.17) is 10.2 Å². The Balaban J connectivity index is 2.13. The van der Waals surface area contributed by atoms with Gasteiger partial charge in [-0.2, -0.15) is 5.10 Å². The second kappa shape index (κ2) is 6.17. The molecule has 8 nitrogen and oxygen atoms in total. The minimum Gasteiger partial charge on any atom is -0.480 e. The largest absolute Gasteiger partial charge is 0.480 e. The molecule has 3 aromatic rings. The lowest BCUT2D eigenvalue weighted by atomic mass is 10.1. The molecule has 0 radical (unpaired) electrons. The fraction of sp³-hybridized carbons (Fsp3) is 0.188. The molecule has 0 aliphatic rings. The fourth-order valence-electron chi connectivity index (χ4n) is 2.43. The average Bonchev–Trinajstić information content (AvgIpc) is 2.92. The van der Waals surface area contributed by atoms with Crippen LogP contribution in [0.1, 0.15) is 23.1 Å². The number of aromatic nitrogens is 4. The van der Waals surface area contributed by atoms with Gasteiger partial charge >= 0.3 is 5.97 Å². The van der Waals surface area contributed by atoms with Crippen LogP contribution in [-0.2, 0) is 17.9 Å². The molecule has 8 heteroatoms. The number of rotatable bonds is 5. The summed E-state index contributed by atoms with van der Waals surface area (Å²) in [7, 11) is 0. The molecule has 0 aliphatic carbocycles. The van der Waals surface area contributed by atoms with Crippen molar-refractivity contribution in [3.63, 3.8) is 0 Å². The highest BCUT2D eigenvalue weighted by Crippen LogP contribution is 2.25. The van der Waals surface area contributed by atoms with Crippen molar-refractivity contribution in [3.8, 4) is 11.3 Å². The van der Waals surface area contributed by atoms with Crippen molar-refractivity contribution in [2.75, 3.05) is 0 Å². The first-order chi connectivity index (χ1) is 11.5. The van der Waals surface area contributed by atoms with Crippen molar-refractivity contribution in [1.82, 2.24) is 19.7 Å². The van der Waals surface area contributed by atoms with Gasteiger partial charge in [0.2, 0.25) is 0 Å².